The maximum Gasteiger partial charge on any atom is 0.303 e. The molecule has 2 N–H and O–H groups in total. The number of hydrogen-bond acceptors (Lipinski definition) is 9. The molecule has 0 bridgehead atoms. The number of aliphatic hydroxyl groups is 2. The molecule has 2 fully saturated rings. The molecule has 2 aliphatic carbocycles. The second-order valence-corrected chi connectivity index (χ2v) is 10.7. The Balaban J connectivity index is 1.81. The zero-order valence-electron chi connectivity index (χ0n) is 20.9. The minimum absolute atomic E-state index is 0.0447. The van der Waals surface area contributed by atoms with Gasteiger partial charge in [0.2, 0.25) is 0 Å². The van der Waals surface area contributed by atoms with Crippen LogP contribution in [-0.2, 0) is 33.3 Å². The van der Waals surface area contributed by atoms with Gasteiger partial charge in [-0.2, -0.15) is 0 Å². The van der Waals surface area contributed by atoms with E-state index in [4.69, 9.17) is 18.9 Å². The van der Waals surface area contributed by atoms with Gasteiger partial charge in [0.25, 0.3) is 0 Å². The van der Waals surface area contributed by atoms with Crippen molar-refractivity contribution in [1.29, 1.82) is 0 Å². The molecule has 1 saturated carbocycles. The summed E-state index contributed by atoms with van der Waals surface area (Å²) in [6.45, 7) is 9.85. The number of hydrogen-bond donors (Lipinski definition) is 2. The van der Waals surface area contributed by atoms with Crippen LogP contribution in [0.5, 0.6) is 0 Å². The maximum absolute atomic E-state index is 12.3. The topological polar surface area (TPSA) is 129 Å². The Kier molecular flexibility index (Phi) is 7.92. The molecule has 0 radical (unpaired) electrons. The molecule has 3 aliphatic rings. The summed E-state index contributed by atoms with van der Waals surface area (Å²) in [6, 6.07) is 0. The number of fused-ring (bicyclic) bond motifs is 1. The summed E-state index contributed by atoms with van der Waals surface area (Å²) in [7, 11) is 0. The van der Waals surface area contributed by atoms with Crippen LogP contribution in [0, 0.1) is 23.2 Å². The molecular formula is C25H38O9. The first-order valence-corrected chi connectivity index (χ1v) is 12.0. The molecule has 0 amide bonds. The number of carbonyl (C=O) groups excluding carboxylic acids is 3. The molecule has 192 valence electrons. The van der Waals surface area contributed by atoms with Crippen molar-refractivity contribution in [2.75, 3.05) is 6.61 Å². The molecule has 0 aromatic rings. The van der Waals surface area contributed by atoms with Gasteiger partial charge in [0.15, 0.2) is 24.3 Å². The van der Waals surface area contributed by atoms with Crippen molar-refractivity contribution >= 4 is 17.7 Å². The average molecular weight is 483 g/mol. The molecule has 0 aromatic heterocycles. The van der Waals surface area contributed by atoms with Gasteiger partial charge in [0, 0.05) is 19.8 Å². The Labute approximate surface area is 200 Å². The number of aliphatic hydroxyl groups excluding tert-OH is 2. The summed E-state index contributed by atoms with van der Waals surface area (Å²) >= 11 is 0. The first-order chi connectivity index (χ1) is 15.8. The van der Waals surface area contributed by atoms with Crippen LogP contribution >= 0.6 is 0 Å². The van der Waals surface area contributed by atoms with Gasteiger partial charge >= 0.3 is 11.9 Å². The fourth-order valence-electron chi connectivity index (χ4n) is 5.79. The van der Waals surface area contributed by atoms with Crippen molar-refractivity contribution in [2.24, 2.45) is 23.2 Å². The highest BCUT2D eigenvalue weighted by Gasteiger charge is 2.53. The van der Waals surface area contributed by atoms with Crippen molar-refractivity contribution < 1.29 is 43.5 Å². The number of esters is 2. The fraction of sp³-hybridized carbons (Fsp3) is 0.800. The molecule has 1 saturated heterocycles. The van der Waals surface area contributed by atoms with Gasteiger partial charge in [-0.1, -0.05) is 19.9 Å². The molecule has 0 aromatic carbocycles. The van der Waals surface area contributed by atoms with Crippen molar-refractivity contribution in [3.8, 4) is 0 Å². The highest BCUT2D eigenvalue weighted by molar-refractivity contribution is 5.92. The van der Waals surface area contributed by atoms with E-state index in [9.17, 15) is 24.6 Å². The van der Waals surface area contributed by atoms with E-state index in [1.54, 1.807) is 6.08 Å². The van der Waals surface area contributed by atoms with E-state index in [-0.39, 0.29) is 29.0 Å². The van der Waals surface area contributed by atoms with Crippen molar-refractivity contribution in [3.05, 3.63) is 12.2 Å². The molecule has 1 aliphatic heterocycles. The molecule has 0 spiro atoms. The molecular weight excluding hydrogens is 444 g/mol. The SMILES string of the molecule is CC(=O)O[C@@H]1[C@@H](O)[C@@H](OC(C)=O)[C@H](OC(C)(C)[C@@H]2CC[C@@]3(C)C=CC(=O)[C@@H](C)[C@@H]3C2)O[C@H]1CO. The fourth-order valence-corrected chi connectivity index (χ4v) is 5.79. The predicted molar refractivity (Wildman–Crippen MR) is 120 cm³/mol. The number of ether oxygens (including phenoxy) is 4. The lowest BCUT2D eigenvalue weighted by atomic mass is 9.56. The minimum Gasteiger partial charge on any atom is -0.457 e. The van der Waals surface area contributed by atoms with Gasteiger partial charge in [-0.05, 0) is 56.4 Å². The highest BCUT2D eigenvalue weighted by Crippen LogP contribution is 2.53. The Bertz CT molecular complexity index is 821. The summed E-state index contributed by atoms with van der Waals surface area (Å²) in [5, 5.41) is 20.7. The van der Waals surface area contributed by atoms with Crippen LogP contribution in [0.25, 0.3) is 0 Å². The summed E-state index contributed by atoms with van der Waals surface area (Å²) in [5.41, 5.74) is -0.806. The number of carbonyl (C=O) groups is 3. The lowest BCUT2D eigenvalue weighted by Crippen LogP contribution is -2.63. The average Bonchev–Trinajstić information content (AvgIpc) is 2.74. The summed E-state index contributed by atoms with van der Waals surface area (Å²) in [5.74, 6) is -1.02. The third kappa shape index (κ3) is 5.37. The van der Waals surface area contributed by atoms with Crippen LogP contribution < -0.4 is 0 Å². The van der Waals surface area contributed by atoms with E-state index in [0.29, 0.717) is 0 Å². The van der Waals surface area contributed by atoms with Gasteiger partial charge in [-0.3, -0.25) is 14.4 Å². The van der Waals surface area contributed by atoms with E-state index in [0.717, 1.165) is 19.3 Å². The van der Waals surface area contributed by atoms with Crippen LogP contribution in [0.4, 0.5) is 0 Å². The number of rotatable bonds is 6. The van der Waals surface area contributed by atoms with Crippen molar-refractivity contribution in [2.45, 2.75) is 97.1 Å². The Morgan fingerprint density at radius 1 is 1.21 bits per heavy atom. The van der Waals surface area contributed by atoms with Crippen LogP contribution in [-0.4, -0.2) is 70.8 Å². The highest BCUT2D eigenvalue weighted by atomic mass is 16.7. The molecule has 3 rings (SSSR count). The van der Waals surface area contributed by atoms with E-state index >= 15 is 0 Å². The zero-order chi connectivity index (χ0) is 25.4. The Hall–Kier alpha value is -1.81. The van der Waals surface area contributed by atoms with Gasteiger partial charge < -0.3 is 29.2 Å². The monoisotopic (exact) mass is 482 g/mol. The quantitative estimate of drug-likeness (QED) is 0.546. The number of allylic oxidation sites excluding steroid dienone is 2. The van der Waals surface area contributed by atoms with Gasteiger partial charge in [-0.25, -0.2) is 0 Å². The molecule has 0 unspecified atom stereocenters. The second-order valence-electron chi connectivity index (χ2n) is 10.7. The van der Waals surface area contributed by atoms with Gasteiger partial charge in [0.05, 0.1) is 12.2 Å². The smallest absolute Gasteiger partial charge is 0.303 e. The van der Waals surface area contributed by atoms with Crippen molar-refractivity contribution in [3.63, 3.8) is 0 Å². The third-order valence-corrected chi connectivity index (χ3v) is 7.90. The van der Waals surface area contributed by atoms with Crippen LogP contribution in [0.2, 0.25) is 0 Å². The molecule has 9 atom stereocenters. The molecule has 9 nitrogen and oxygen atoms in total. The standard InChI is InChI=1S/C25H38O9/c1-13-17-11-16(7-9-25(17,6)10-8-18(13)29)24(4,5)34-23-22(32-15(3)28)20(30)21(31-14(2)27)19(12-26)33-23/h8,10,13,16-17,19-23,26,30H,7,9,11-12H2,1-6H3/t13-,16+,17-,19-,20+,21-,22+,23-,25-/m0/s1. The molecule has 9 heteroatoms. The minimum atomic E-state index is -1.45. The van der Waals surface area contributed by atoms with Gasteiger partial charge in [-0.15, -0.1) is 0 Å². The number of ketones is 1. The summed E-state index contributed by atoms with van der Waals surface area (Å²) in [6.07, 6.45) is 0.127. The lowest BCUT2D eigenvalue weighted by Gasteiger charge is -2.52. The molecule has 34 heavy (non-hydrogen) atoms. The largest absolute Gasteiger partial charge is 0.457 e. The zero-order valence-corrected chi connectivity index (χ0v) is 20.9. The van der Waals surface area contributed by atoms with Crippen LogP contribution in [0.3, 0.4) is 0 Å². The third-order valence-electron chi connectivity index (χ3n) is 7.90. The van der Waals surface area contributed by atoms with E-state index in [2.05, 4.69) is 6.92 Å². The van der Waals surface area contributed by atoms with E-state index in [1.807, 2.05) is 26.8 Å². The normalized spacial score (nSPS) is 40.4. The van der Waals surface area contributed by atoms with Gasteiger partial charge in [0.1, 0.15) is 12.2 Å². The van der Waals surface area contributed by atoms with Crippen LogP contribution in [0.15, 0.2) is 12.2 Å². The second kappa shape index (κ2) is 10.0. The Morgan fingerprint density at radius 3 is 2.41 bits per heavy atom. The summed E-state index contributed by atoms with van der Waals surface area (Å²) in [4.78, 5) is 35.6. The Morgan fingerprint density at radius 2 is 1.82 bits per heavy atom. The molecule has 1 heterocycles. The first-order valence-electron chi connectivity index (χ1n) is 12.0. The van der Waals surface area contributed by atoms with E-state index < -0.39 is 54.9 Å². The summed E-state index contributed by atoms with van der Waals surface area (Å²) < 4.78 is 22.7. The van der Waals surface area contributed by atoms with Crippen molar-refractivity contribution in [1.82, 2.24) is 0 Å². The van der Waals surface area contributed by atoms with Crippen LogP contribution in [0.1, 0.15) is 60.8 Å². The van der Waals surface area contributed by atoms with E-state index in [1.165, 1.54) is 13.8 Å². The first kappa shape index (κ1) is 26.8. The predicted octanol–water partition coefficient (Wildman–Crippen LogP) is 1.92. The lowest BCUT2D eigenvalue weighted by molar-refractivity contribution is -0.332. The maximum atomic E-state index is 12.3.